The van der Waals surface area contributed by atoms with Crippen LogP contribution in [0.25, 0.3) is 0 Å². The molecule has 0 N–H and O–H groups in total. The Morgan fingerprint density at radius 2 is 1.62 bits per heavy atom. The van der Waals surface area contributed by atoms with Gasteiger partial charge in [-0.1, -0.05) is 23.2 Å². The van der Waals surface area contributed by atoms with E-state index in [1.807, 2.05) is 11.6 Å². The Bertz CT molecular complexity index is 173. The van der Waals surface area contributed by atoms with Crippen LogP contribution in [0, 0.1) is 0 Å². The van der Waals surface area contributed by atoms with Gasteiger partial charge in [0, 0.05) is 19.4 Å². The molecule has 1 rings (SSSR count). The maximum absolute atomic E-state index is 5.58. The summed E-state index contributed by atoms with van der Waals surface area (Å²) in [5, 5.41) is 1.21. The molecule has 0 amide bonds. The van der Waals surface area contributed by atoms with Crippen LogP contribution in [0.1, 0.15) is 0 Å². The van der Waals surface area contributed by atoms with Crippen LogP contribution in [0.5, 0.6) is 0 Å². The highest BCUT2D eigenvalue weighted by Crippen LogP contribution is 2.20. The lowest BCUT2D eigenvalue weighted by Gasteiger charge is -1.79. The van der Waals surface area contributed by atoms with Gasteiger partial charge in [-0.3, -0.25) is 0 Å². The minimum atomic E-state index is 0.606. The Balaban J connectivity index is 3.14. The van der Waals surface area contributed by atoms with Crippen LogP contribution in [0.15, 0.2) is 12.4 Å². The zero-order valence-electron chi connectivity index (χ0n) is 4.36. The van der Waals surface area contributed by atoms with E-state index in [-0.39, 0.29) is 0 Å². The Labute approximate surface area is 57.8 Å². The van der Waals surface area contributed by atoms with Crippen molar-refractivity contribution in [3.8, 4) is 0 Å². The van der Waals surface area contributed by atoms with Crippen molar-refractivity contribution in [2.75, 3.05) is 0 Å². The second kappa shape index (κ2) is 2.00. The van der Waals surface area contributed by atoms with Crippen molar-refractivity contribution in [2.24, 2.45) is 7.05 Å². The van der Waals surface area contributed by atoms with Crippen molar-refractivity contribution >= 4 is 23.2 Å². The maximum Gasteiger partial charge on any atom is 0.0768 e. The molecule has 0 aromatic carbocycles. The van der Waals surface area contributed by atoms with Crippen molar-refractivity contribution < 1.29 is 0 Å². The molecule has 0 aliphatic heterocycles. The van der Waals surface area contributed by atoms with Gasteiger partial charge in [-0.15, -0.1) is 0 Å². The second-order valence-corrected chi connectivity index (χ2v) is 2.43. The number of aryl methyl sites for hydroxylation is 1. The summed E-state index contributed by atoms with van der Waals surface area (Å²) in [5.41, 5.74) is 0. The van der Waals surface area contributed by atoms with Crippen LogP contribution in [0.2, 0.25) is 10.0 Å². The van der Waals surface area contributed by atoms with E-state index in [0.29, 0.717) is 10.0 Å². The largest absolute Gasteiger partial charge is 0.354 e. The fraction of sp³-hybridized carbons (Fsp3) is 0.200. The first-order chi connectivity index (χ1) is 3.70. The molecule has 0 aliphatic carbocycles. The summed E-state index contributed by atoms with van der Waals surface area (Å²) >= 11 is 11.2. The zero-order chi connectivity index (χ0) is 6.15. The molecule has 1 aromatic rings. The van der Waals surface area contributed by atoms with Crippen molar-refractivity contribution in [1.82, 2.24) is 4.57 Å². The van der Waals surface area contributed by atoms with Gasteiger partial charge in [0.05, 0.1) is 10.0 Å². The van der Waals surface area contributed by atoms with Gasteiger partial charge >= 0.3 is 0 Å². The molecule has 0 atom stereocenters. The van der Waals surface area contributed by atoms with Crippen molar-refractivity contribution in [1.29, 1.82) is 0 Å². The molecule has 0 bridgehead atoms. The minimum absolute atomic E-state index is 0.606. The van der Waals surface area contributed by atoms with E-state index < -0.39 is 0 Å². The monoisotopic (exact) mass is 149 g/mol. The first-order valence-electron chi connectivity index (χ1n) is 2.17. The Morgan fingerprint density at radius 1 is 1.25 bits per heavy atom. The highest BCUT2D eigenvalue weighted by molar-refractivity contribution is 6.41. The number of hydrogen-bond acceptors (Lipinski definition) is 0. The van der Waals surface area contributed by atoms with Crippen molar-refractivity contribution in [3.63, 3.8) is 0 Å². The molecule has 0 unspecified atom stereocenters. The Kier molecular flexibility index (Phi) is 1.49. The molecule has 44 valence electrons. The number of hydrogen-bond donors (Lipinski definition) is 0. The number of nitrogens with zero attached hydrogens (tertiary/aromatic N) is 1. The summed E-state index contributed by atoms with van der Waals surface area (Å²) in [5.74, 6) is 0. The molecule has 0 saturated carbocycles. The predicted octanol–water partition coefficient (Wildman–Crippen LogP) is 2.33. The van der Waals surface area contributed by atoms with Crippen LogP contribution >= 0.6 is 23.2 Å². The van der Waals surface area contributed by atoms with Crippen LogP contribution in [0.3, 0.4) is 0 Å². The average molecular weight is 150 g/mol. The molecule has 0 aliphatic rings. The van der Waals surface area contributed by atoms with E-state index in [9.17, 15) is 0 Å². The highest BCUT2D eigenvalue weighted by atomic mass is 35.5. The predicted molar refractivity (Wildman–Crippen MR) is 35.4 cm³/mol. The Hall–Kier alpha value is -0.140. The van der Waals surface area contributed by atoms with Gasteiger partial charge in [0.1, 0.15) is 0 Å². The molecule has 1 aromatic heterocycles. The number of aromatic nitrogens is 1. The van der Waals surface area contributed by atoms with Crippen LogP contribution in [-0.2, 0) is 7.05 Å². The second-order valence-electron chi connectivity index (χ2n) is 1.62. The van der Waals surface area contributed by atoms with Gasteiger partial charge in [0.25, 0.3) is 0 Å². The molecule has 3 heteroatoms. The van der Waals surface area contributed by atoms with Gasteiger partial charge in [0.15, 0.2) is 0 Å². The SMILES string of the molecule is Cn1cc(Cl)c(Cl)c1. The quantitative estimate of drug-likeness (QED) is 0.534. The van der Waals surface area contributed by atoms with E-state index in [4.69, 9.17) is 23.2 Å². The molecule has 0 radical (unpaired) electrons. The fourth-order valence-corrected chi connectivity index (χ4v) is 0.924. The third-order valence-corrected chi connectivity index (χ3v) is 1.56. The van der Waals surface area contributed by atoms with Crippen molar-refractivity contribution in [3.05, 3.63) is 22.4 Å². The summed E-state index contributed by atoms with van der Waals surface area (Å²) in [4.78, 5) is 0. The molecule has 1 heterocycles. The highest BCUT2D eigenvalue weighted by Gasteiger charge is 1.95. The first-order valence-corrected chi connectivity index (χ1v) is 2.92. The maximum atomic E-state index is 5.58. The molecule has 0 fully saturated rings. The van der Waals surface area contributed by atoms with Gasteiger partial charge < -0.3 is 4.57 Å². The normalized spacial score (nSPS) is 9.88. The average Bonchev–Trinajstić information content (AvgIpc) is 1.85. The summed E-state index contributed by atoms with van der Waals surface area (Å²) in [7, 11) is 1.87. The molecular formula is C5H5Cl2N. The van der Waals surface area contributed by atoms with Crippen LogP contribution < -0.4 is 0 Å². The van der Waals surface area contributed by atoms with E-state index in [1.165, 1.54) is 0 Å². The molecule has 0 saturated heterocycles. The summed E-state index contributed by atoms with van der Waals surface area (Å²) < 4.78 is 1.81. The molecule has 1 nitrogen and oxygen atoms in total. The van der Waals surface area contributed by atoms with E-state index in [0.717, 1.165) is 0 Å². The number of halogens is 2. The lowest BCUT2D eigenvalue weighted by Crippen LogP contribution is -1.76. The van der Waals surface area contributed by atoms with Crippen LogP contribution in [-0.4, -0.2) is 4.57 Å². The third kappa shape index (κ3) is 0.984. The smallest absolute Gasteiger partial charge is 0.0768 e. The molecular weight excluding hydrogens is 145 g/mol. The lowest BCUT2D eigenvalue weighted by molar-refractivity contribution is 0.928. The molecule has 8 heavy (non-hydrogen) atoms. The third-order valence-electron chi connectivity index (χ3n) is 0.862. The van der Waals surface area contributed by atoms with Gasteiger partial charge in [-0.05, 0) is 0 Å². The summed E-state index contributed by atoms with van der Waals surface area (Å²) in [6, 6.07) is 0. The topological polar surface area (TPSA) is 4.93 Å². The van der Waals surface area contributed by atoms with E-state index >= 15 is 0 Å². The first kappa shape index (κ1) is 5.99. The lowest BCUT2D eigenvalue weighted by atomic mass is 10.7. The standard InChI is InChI=1S/C5H5Cl2N/c1-8-2-4(6)5(7)3-8/h2-3H,1H3. The van der Waals surface area contributed by atoms with Gasteiger partial charge in [-0.25, -0.2) is 0 Å². The zero-order valence-corrected chi connectivity index (χ0v) is 5.87. The summed E-state index contributed by atoms with van der Waals surface area (Å²) in [6.45, 7) is 0. The van der Waals surface area contributed by atoms with Gasteiger partial charge in [-0.2, -0.15) is 0 Å². The number of rotatable bonds is 0. The summed E-state index contributed by atoms with van der Waals surface area (Å²) in [6.07, 6.45) is 3.51. The molecule has 0 spiro atoms. The Morgan fingerprint density at radius 3 is 1.75 bits per heavy atom. The fourth-order valence-electron chi connectivity index (χ4n) is 0.518. The van der Waals surface area contributed by atoms with E-state index in [1.54, 1.807) is 12.4 Å². The van der Waals surface area contributed by atoms with E-state index in [2.05, 4.69) is 0 Å². The minimum Gasteiger partial charge on any atom is -0.354 e. The van der Waals surface area contributed by atoms with Crippen molar-refractivity contribution in [2.45, 2.75) is 0 Å². The van der Waals surface area contributed by atoms with Gasteiger partial charge in [0.2, 0.25) is 0 Å². The van der Waals surface area contributed by atoms with Crippen LogP contribution in [0.4, 0.5) is 0 Å².